The first-order valence-electron chi connectivity index (χ1n) is 8.50. The molecular weight excluding hydrogens is 384 g/mol. The number of ether oxygens (including phenoxy) is 1. The van der Waals surface area contributed by atoms with E-state index in [1.807, 2.05) is 0 Å². The lowest BCUT2D eigenvalue weighted by Gasteiger charge is -2.17. The molecule has 0 saturated carbocycles. The van der Waals surface area contributed by atoms with E-state index in [0.29, 0.717) is 18.7 Å². The summed E-state index contributed by atoms with van der Waals surface area (Å²) < 4.78 is 30.0. The predicted octanol–water partition coefficient (Wildman–Crippen LogP) is 1.42. The van der Waals surface area contributed by atoms with Crippen LogP contribution in [0.25, 0.3) is 0 Å². The smallest absolute Gasteiger partial charge is 0.339 e. The fourth-order valence-electron chi connectivity index (χ4n) is 3.41. The summed E-state index contributed by atoms with van der Waals surface area (Å²) in [6, 6.07) is 11.0. The number of anilines is 1. The van der Waals surface area contributed by atoms with Gasteiger partial charge in [0.15, 0.2) is 6.73 Å². The Hall–Kier alpha value is -3.20. The molecule has 2 aliphatic heterocycles. The Morgan fingerprint density at radius 1 is 1.07 bits per heavy atom. The van der Waals surface area contributed by atoms with E-state index in [2.05, 4.69) is 0 Å². The molecule has 0 saturated heterocycles. The van der Waals surface area contributed by atoms with E-state index in [1.54, 1.807) is 36.4 Å². The van der Waals surface area contributed by atoms with Crippen LogP contribution in [-0.2, 0) is 21.2 Å². The molecule has 0 N–H and O–H groups in total. The number of esters is 1. The topological polar surface area (TPSA) is 101 Å². The number of nitrogens with zero attached hydrogens (tertiary/aromatic N) is 2. The molecule has 4 rings (SSSR count). The monoisotopic (exact) mass is 400 g/mol. The number of hydrogen-bond acceptors (Lipinski definition) is 6. The lowest BCUT2D eigenvalue weighted by molar-refractivity contribution is 0.0228. The van der Waals surface area contributed by atoms with Crippen molar-refractivity contribution in [2.24, 2.45) is 0 Å². The number of hydrogen-bond donors (Lipinski definition) is 0. The minimum atomic E-state index is -3.37. The van der Waals surface area contributed by atoms with Crippen molar-refractivity contribution in [2.45, 2.75) is 6.42 Å². The van der Waals surface area contributed by atoms with Gasteiger partial charge in [-0.3, -0.25) is 13.9 Å². The zero-order valence-corrected chi connectivity index (χ0v) is 15.7. The van der Waals surface area contributed by atoms with Crippen LogP contribution in [0.3, 0.4) is 0 Å². The third kappa shape index (κ3) is 2.93. The number of sulfonamides is 1. The van der Waals surface area contributed by atoms with Gasteiger partial charge in [0.25, 0.3) is 11.8 Å². The Morgan fingerprint density at radius 2 is 1.71 bits per heavy atom. The molecule has 8 nitrogen and oxygen atoms in total. The standard InChI is InChI=1S/C19H16N2O6S/c1-28(25,26)21-9-8-12-10-13(6-7-16(12)21)19(24)27-11-20-17(22)14-4-2-3-5-15(14)18(20)23/h2-7,10H,8-9,11H2,1H3. The second-order valence-corrected chi connectivity index (χ2v) is 8.48. The van der Waals surface area contributed by atoms with Crippen molar-refractivity contribution in [3.63, 3.8) is 0 Å². The lowest BCUT2D eigenvalue weighted by Crippen LogP contribution is -2.33. The van der Waals surface area contributed by atoms with E-state index in [9.17, 15) is 22.8 Å². The third-order valence-electron chi connectivity index (χ3n) is 4.77. The molecule has 0 unspecified atom stereocenters. The summed E-state index contributed by atoms with van der Waals surface area (Å²) in [4.78, 5) is 37.8. The number of carbonyl (C=O) groups excluding carboxylic acids is 3. The van der Waals surface area contributed by atoms with E-state index in [-0.39, 0.29) is 16.7 Å². The molecule has 2 heterocycles. The summed E-state index contributed by atoms with van der Waals surface area (Å²) in [5, 5.41) is 0. The second kappa shape index (κ2) is 6.45. The van der Waals surface area contributed by atoms with Crippen molar-refractivity contribution in [3.05, 3.63) is 64.7 Å². The molecule has 0 bridgehead atoms. The van der Waals surface area contributed by atoms with E-state index in [4.69, 9.17) is 4.74 Å². The molecule has 0 spiro atoms. The van der Waals surface area contributed by atoms with Crippen LogP contribution in [0.1, 0.15) is 36.6 Å². The molecule has 0 radical (unpaired) electrons. The Labute approximate surface area is 161 Å². The van der Waals surface area contributed by atoms with Crippen LogP contribution in [0.2, 0.25) is 0 Å². The number of imide groups is 1. The number of carbonyl (C=O) groups is 3. The minimum Gasteiger partial charge on any atom is -0.440 e. The van der Waals surface area contributed by atoms with Crippen LogP contribution in [0.4, 0.5) is 5.69 Å². The second-order valence-electron chi connectivity index (χ2n) is 6.57. The highest BCUT2D eigenvalue weighted by Gasteiger charge is 2.36. The quantitative estimate of drug-likeness (QED) is 0.568. The molecule has 2 aliphatic rings. The molecule has 28 heavy (non-hydrogen) atoms. The first-order chi connectivity index (χ1) is 13.3. The first kappa shape index (κ1) is 18.2. The molecule has 144 valence electrons. The van der Waals surface area contributed by atoms with Gasteiger partial charge in [-0.25, -0.2) is 18.1 Å². The first-order valence-corrected chi connectivity index (χ1v) is 10.3. The summed E-state index contributed by atoms with van der Waals surface area (Å²) >= 11 is 0. The lowest BCUT2D eigenvalue weighted by atomic mass is 10.1. The van der Waals surface area contributed by atoms with Crippen molar-refractivity contribution >= 4 is 33.5 Å². The zero-order chi connectivity index (χ0) is 20.1. The Morgan fingerprint density at radius 3 is 2.32 bits per heavy atom. The normalized spacial score (nSPS) is 15.6. The van der Waals surface area contributed by atoms with Gasteiger partial charge in [0.05, 0.1) is 28.6 Å². The number of benzene rings is 2. The van der Waals surface area contributed by atoms with E-state index in [1.165, 1.54) is 10.4 Å². The molecule has 9 heteroatoms. The molecule has 2 aromatic rings. The van der Waals surface area contributed by atoms with Crippen molar-refractivity contribution in [1.82, 2.24) is 4.90 Å². The van der Waals surface area contributed by atoms with Crippen LogP contribution in [0, 0.1) is 0 Å². The van der Waals surface area contributed by atoms with Gasteiger partial charge >= 0.3 is 5.97 Å². The highest BCUT2D eigenvalue weighted by Crippen LogP contribution is 2.31. The van der Waals surface area contributed by atoms with Crippen molar-refractivity contribution < 1.29 is 27.5 Å². The van der Waals surface area contributed by atoms with Gasteiger partial charge in [0.1, 0.15) is 0 Å². The van der Waals surface area contributed by atoms with Gasteiger partial charge in [-0.1, -0.05) is 12.1 Å². The van der Waals surface area contributed by atoms with Crippen LogP contribution in [-0.4, -0.2) is 50.6 Å². The molecule has 2 aromatic carbocycles. The highest BCUT2D eigenvalue weighted by molar-refractivity contribution is 7.92. The molecule has 2 amide bonds. The molecular formula is C19H16N2O6S. The summed E-state index contributed by atoms with van der Waals surface area (Å²) in [7, 11) is -3.37. The zero-order valence-electron chi connectivity index (χ0n) is 14.9. The van der Waals surface area contributed by atoms with E-state index < -0.39 is 34.5 Å². The maximum absolute atomic E-state index is 12.4. The highest BCUT2D eigenvalue weighted by atomic mass is 32.2. The summed E-state index contributed by atoms with van der Waals surface area (Å²) in [5.74, 6) is -1.71. The molecule has 0 fully saturated rings. The van der Waals surface area contributed by atoms with Crippen LogP contribution < -0.4 is 4.31 Å². The Bertz CT molecular complexity index is 1090. The van der Waals surface area contributed by atoms with Crippen LogP contribution in [0.5, 0.6) is 0 Å². The third-order valence-corrected chi connectivity index (χ3v) is 5.95. The van der Waals surface area contributed by atoms with Crippen molar-refractivity contribution in [2.75, 3.05) is 23.8 Å². The molecule has 0 aliphatic carbocycles. The average Bonchev–Trinajstić information content (AvgIpc) is 3.20. The minimum absolute atomic E-state index is 0.228. The van der Waals surface area contributed by atoms with E-state index >= 15 is 0 Å². The number of fused-ring (bicyclic) bond motifs is 2. The maximum Gasteiger partial charge on any atom is 0.339 e. The SMILES string of the molecule is CS(=O)(=O)N1CCc2cc(C(=O)OCN3C(=O)c4ccccc4C3=O)ccc21. The van der Waals surface area contributed by atoms with Crippen LogP contribution in [0.15, 0.2) is 42.5 Å². The fourth-order valence-corrected chi connectivity index (χ4v) is 4.36. The summed E-state index contributed by atoms with van der Waals surface area (Å²) in [6.45, 7) is -0.167. The van der Waals surface area contributed by atoms with Crippen LogP contribution >= 0.6 is 0 Å². The average molecular weight is 400 g/mol. The molecule has 0 aromatic heterocycles. The summed E-state index contributed by atoms with van der Waals surface area (Å²) in [6.07, 6.45) is 1.62. The predicted molar refractivity (Wildman–Crippen MR) is 99.6 cm³/mol. The van der Waals surface area contributed by atoms with Gasteiger partial charge in [-0.05, 0) is 42.3 Å². The number of amides is 2. The Kier molecular flexibility index (Phi) is 4.19. The van der Waals surface area contributed by atoms with Gasteiger partial charge in [0.2, 0.25) is 10.0 Å². The number of rotatable bonds is 4. The maximum atomic E-state index is 12.4. The molecule has 0 atom stereocenters. The van der Waals surface area contributed by atoms with Crippen molar-refractivity contribution in [1.29, 1.82) is 0 Å². The fraction of sp³-hybridized carbons (Fsp3) is 0.211. The van der Waals surface area contributed by atoms with Gasteiger partial charge in [-0.2, -0.15) is 0 Å². The van der Waals surface area contributed by atoms with Gasteiger partial charge in [0, 0.05) is 6.54 Å². The van der Waals surface area contributed by atoms with Crippen molar-refractivity contribution in [3.8, 4) is 0 Å². The summed E-state index contributed by atoms with van der Waals surface area (Å²) in [5.41, 5.74) is 2.05. The Balaban J connectivity index is 1.47. The van der Waals surface area contributed by atoms with E-state index in [0.717, 1.165) is 16.7 Å². The largest absolute Gasteiger partial charge is 0.440 e. The van der Waals surface area contributed by atoms with Gasteiger partial charge in [-0.15, -0.1) is 0 Å². The van der Waals surface area contributed by atoms with Gasteiger partial charge < -0.3 is 4.74 Å².